The van der Waals surface area contributed by atoms with Crippen molar-refractivity contribution in [3.05, 3.63) is 22.3 Å². The molecule has 1 amide bonds. The van der Waals surface area contributed by atoms with Crippen molar-refractivity contribution in [3.8, 4) is 5.75 Å². The Morgan fingerprint density at radius 2 is 1.78 bits per heavy atom. The number of amides is 1. The van der Waals surface area contributed by atoms with Gasteiger partial charge in [0.1, 0.15) is 23.0 Å². The Hall–Kier alpha value is -3.02. The lowest BCUT2D eigenvalue weighted by molar-refractivity contribution is -0.139. The van der Waals surface area contributed by atoms with Crippen LogP contribution in [0, 0.1) is 26.2 Å². The number of benzene rings is 1. The van der Waals surface area contributed by atoms with Gasteiger partial charge in [-0.05, 0) is 91.3 Å². The minimum atomic E-state index is -4.18. The van der Waals surface area contributed by atoms with E-state index in [0.717, 1.165) is 15.4 Å². The molecule has 1 atom stereocenters. The van der Waals surface area contributed by atoms with E-state index in [9.17, 15) is 23.1 Å². The van der Waals surface area contributed by atoms with E-state index in [1.807, 2.05) is 20.8 Å². The van der Waals surface area contributed by atoms with Gasteiger partial charge in [-0.25, -0.2) is 22.3 Å². The van der Waals surface area contributed by atoms with Crippen LogP contribution in [0.1, 0.15) is 76.1 Å². The van der Waals surface area contributed by atoms with E-state index in [1.165, 1.54) is 0 Å². The highest BCUT2D eigenvalue weighted by Crippen LogP contribution is 2.44. The first-order chi connectivity index (χ1) is 16.8. The molecule has 1 aliphatic rings. The molecule has 208 valence electrons. The van der Waals surface area contributed by atoms with Crippen LogP contribution in [-0.4, -0.2) is 59.6 Å². The van der Waals surface area contributed by atoms with Crippen LogP contribution in [0.2, 0.25) is 0 Å². The third kappa shape index (κ3) is 7.06. The lowest BCUT2D eigenvalue weighted by Crippen LogP contribution is -2.44. The predicted octanol–water partition coefficient (Wildman–Crippen LogP) is 3.36. The number of ether oxygens (including phenoxy) is 2. The number of unbranched alkanes of at least 4 members (excludes halogenated alkanes) is 1. The maximum Gasteiger partial charge on any atom is 0.408 e. The second-order valence-electron chi connectivity index (χ2n) is 11.0. The van der Waals surface area contributed by atoms with E-state index in [1.54, 1.807) is 34.6 Å². The summed E-state index contributed by atoms with van der Waals surface area (Å²) in [5.41, 5.74) is 7.13. The van der Waals surface area contributed by atoms with E-state index in [-0.39, 0.29) is 30.7 Å². The van der Waals surface area contributed by atoms with Gasteiger partial charge < -0.3 is 25.6 Å². The third-order valence-corrected chi connectivity index (χ3v) is 8.29. The zero-order valence-corrected chi connectivity index (χ0v) is 23.8. The molecule has 0 spiro atoms. The number of carbonyl (C=O) groups excluding carboxylic acids is 1. The molecule has 11 nitrogen and oxygen atoms in total. The van der Waals surface area contributed by atoms with Crippen molar-refractivity contribution < 1.29 is 32.6 Å². The summed E-state index contributed by atoms with van der Waals surface area (Å²) in [6, 6.07) is -1.20. The van der Waals surface area contributed by atoms with Crippen molar-refractivity contribution in [1.29, 1.82) is 5.41 Å². The number of fused-ring (bicyclic) bond motifs is 1. The van der Waals surface area contributed by atoms with Crippen molar-refractivity contribution >= 4 is 28.0 Å². The van der Waals surface area contributed by atoms with Gasteiger partial charge in [0.2, 0.25) is 5.96 Å². The number of nitrogens with two attached hydrogens (primary N) is 1. The van der Waals surface area contributed by atoms with Crippen LogP contribution < -0.4 is 15.8 Å². The first kappa shape index (κ1) is 30.2. The number of aliphatic carboxylic acids is 1. The molecule has 0 bridgehead atoms. The Balaban J connectivity index is 2.20. The van der Waals surface area contributed by atoms with Gasteiger partial charge in [-0.15, -0.1) is 0 Å². The number of carboxylic acid groups (broad SMARTS) is 1. The smallest absolute Gasteiger partial charge is 0.408 e. The van der Waals surface area contributed by atoms with Crippen LogP contribution in [0.5, 0.6) is 5.75 Å². The highest BCUT2D eigenvalue weighted by atomic mass is 32.2. The molecule has 1 heterocycles. The van der Waals surface area contributed by atoms with Crippen LogP contribution in [0.25, 0.3) is 0 Å². The van der Waals surface area contributed by atoms with Crippen molar-refractivity contribution in [1.82, 2.24) is 9.62 Å². The van der Waals surface area contributed by atoms with Crippen LogP contribution in [0.4, 0.5) is 4.79 Å². The normalized spacial score (nSPS) is 15.4. The predicted molar refractivity (Wildman–Crippen MR) is 140 cm³/mol. The molecule has 1 aliphatic heterocycles. The standard InChI is InChI=1S/C25H40N4O7S/c1-14-15(2)20(16(3)17-13-25(7,8)35-19(14)17)37(33,34)29(22(26)27)12-10-9-11-18(21(30)31)28-23(32)36-24(4,5)6/h18H,9-13H2,1-8H3,(H3,26,27)(H,28,32)(H,30,31)/t18-/m0/s1. The number of sulfonamides is 1. The molecular weight excluding hydrogens is 500 g/mol. The Bertz CT molecular complexity index is 1190. The zero-order chi connectivity index (χ0) is 28.5. The third-order valence-electron chi connectivity index (χ3n) is 6.20. The van der Waals surface area contributed by atoms with E-state index in [0.29, 0.717) is 23.3 Å². The SMILES string of the molecule is Cc1c(C)c(S(=O)(=O)N(CCCC[C@H](NC(=O)OC(C)(C)C)C(=O)O)C(=N)N)c(C)c2c1OC(C)(C)C2. The van der Waals surface area contributed by atoms with Crippen LogP contribution in [0.3, 0.4) is 0 Å². The van der Waals surface area contributed by atoms with Crippen molar-refractivity contribution in [3.63, 3.8) is 0 Å². The molecule has 1 aromatic rings. The van der Waals surface area contributed by atoms with E-state index in [4.69, 9.17) is 20.6 Å². The summed E-state index contributed by atoms with van der Waals surface area (Å²) in [5, 5.41) is 19.7. The maximum atomic E-state index is 13.7. The van der Waals surface area contributed by atoms with Crippen molar-refractivity contribution in [2.45, 2.75) is 103 Å². The number of carboxylic acids is 1. The Morgan fingerprint density at radius 3 is 2.30 bits per heavy atom. The van der Waals surface area contributed by atoms with Crippen LogP contribution >= 0.6 is 0 Å². The number of nitrogens with zero attached hydrogens (tertiary/aromatic N) is 1. The summed E-state index contributed by atoms with van der Waals surface area (Å²) in [7, 11) is -4.18. The molecule has 0 aromatic heterocycles. The molecule has 5 N–H and O–H groups in total. The fourth-order valence-corrected chi connectivity index (χ4v) is 6.32. The maximum absolute atomic E-state index is 13.7. The van der Waals surface area contributed by atoms with Gasteiger partial charge in [0, 0.05) is 18.5 Å². The number of hydrogen-bond acceptors (Lipinski definition) is 7. The molecule has 1 aromatic carbocycles. The lowest BCUT2D eigenvalue weighted by Gasteiger charge is -2.26. The quantitative estimate of drug-likeness (QED) is 0.210. The minimum Gasteiger partial charge on any atom is -0.487 e. The largest absolute Gasteiger partial charge is 0.487 e. The fourth-order valence-electron chi connectivity index (χ4n) is 4.42. The monoisotopic (exact) mass is 540 g/mol. The first-order valence-corrected chi connectivity index (χ1v) is 13.6. The molecule has 0 fully saturated rings. The Morgan fingerprint density at radius 1 is 1.19 bits per heavy atom. The van der Waals surface area contributed by atoms with Crippen molar-refractivity contribution in [2.75, 3.05) is 6.54 Å². The molecule has 37 heavy (non-hydrogen) atoms. The van der Waals surface area contributed by atoms with Gasteiger partial charge in [-0.2, -0.15) is 0 Å². The lowest BCUT2D eigenvalue weighted by atomic mass is 9.94. The van der Waals surface area contributed by atoms with Gasteiger partial charge in [0.15, 0.2) is 0 Å². The topological polar surface area (TPSA) is 172 Å². The van der Waals surface area contributed by atoms with Gasteiger partial charge in [-0.3, -0.25) is 5.41 Å². The molecule has 2 rings (SSSR count). The number of alkyl carbamates (subject to hydrolysis) is 1. The molecule has 0 aliphatic carbocycles. The van der Waals surface area contributed by atoms with Gasteiger partial charge in [-0.1, -0.05) is 0 Å². The van der Waals surface area contributed by atoms with Crippen LogP contribution in [-0.2, 0) is 26.0 Å². The van der Waals surface area contributed by atoms with E-state index >= 15 is 0 Å². The van der Waals surface area contributed by atoms with E-state index < -0.39 is 45.3 Å². The molecular formula is C25H40N4O7S. The van der Waals surface area contributed by atoms with Crippen LogP contribution in [0.15, 0.2) is 4.90 Å². The molecule has 0 saturated carbocycles. The number of hydrogen-bond donors (Lipinski definition) is 4. The van der Waals surface area contributed by atoms with Gasteiger partial charge >= 0.3 is 12.1 Å². The number of rotatable bonds is 9. The average molecular weight is 541 g/mol. The average Bonchev–Trinajstić information content (AvgIpc) is 3.05. The van der Waals surface area contributed by atoms with Gasteiger partial charge in [0.05, 0.1) is 4.90 Å². The summed E-state index contributed by atoms with van der Waals surface area (Å²) in [6.45, 7) is 14.0. The Kier molecular flexibility index (Phi) is 8.79. The summed E-state index contributed by atoms with van der Waals surface area (Å²) in [5.74, 6) is -1.16. The molecule has 0 unspecified atom stereocenters. The van der Waals surface area contributed by atoms with Crippen molar-refractivity contribution in [2.24, 2.45) is 5.73 Å². The zero-order valence-electron chi connectivity index (χ0n) is 22.9. The highest BCUT2D eigenvalue weighted by molar-refractivity contribution is 7.89. The summed E-state index contributed by atoms with van der Waals surface area (Å²) < 4.78 is 39.5. The highest BCUT2D eigenvalue weighted by Gasteiger charge is 2.38. The second kappa shape index (κ2) is 10.8. The summed E-state index contributed by atoms with van der Waals surface area (Å²) >= 11 is 0. The second-order valence-corrected chi connectivity index (χ2v) is 12.8. The number of guanidine groups is 1. The Labute approximate surface area is 219 Å². The van der Waals surface area contributed by atoms with Gasteiger partial charge in [0.25, 0.3) is 10.0 Å². The molecule has 0 saturated heterocycles. The molecule has 12 heteroatoms. The molecule has 0 radical (unpaired) electrons. The first-order valence-electron chi connectivity index (χ1n) is 12.2. The summed E-state index contributed by atoms with van der Waals surface area (Å²) in [6.07, 6.45) is 0.228. The summed E-state index contributed by atoms with van der Waals surface area (Å²) in [4.78, 5) is 23.7. The van der Waals surface area contributed by atoms with E-state index in [2.05, 4.69) is 5.32 Å². The minimum absolute atomic E-state index is 0.0444. The number of carbonyl (C=O) groups is 2. The fraction of sp³-hybridized carbons (Fsp3) is 0.640. The number of nitrogens with one attached hydrogen (secondary N) is 2.